The number of ether oxygens (including phenoxy) is 1. The summed E-state index contributed by atoms with van der Waals surface area (Å²) in [5, 5.41) is 10.3. The molecule has 2 saturated heterocycles. The summed E-state index contributed by atoms with van der Waals surface area (Å²) in [7, 11) is 2.67. The van der Waals surface area contributed by atoms with E-state index < -0.39 is 45.2 Å². The molecule has 2 aromatic rings. The number of imide groups is 2. The minimum absolute atomic E-state index is 0.0430. The van der Waals surface area contributed by atoms with Gasteiger partial charge in [-0.2, -0.15) is 0 Å². The van der Waals surface area contributed by atoms with E-state index in [1.807, 2.05) is 18.2 Å². The minimum Gasteiger partial charge on any atom is -0.503 e. The van der Waals surface area contributed by atoms with Crippen LogP contribution in [0.4, 0.5) is 5.69 Å². The molecule has 6 rings (SSSR count). The van der Waals surface area contributed by atoms with E-state index in [0.29, 0.717) is 16.8 Å². The number of hydrogen-bond acceptors (Lipinski definition) is 6. The van der Waals surface area contributed by atoms with Crippen LogP contribution in [-0.4, -0.2) is 57.5 Å². The second-order valence-corrected chi connectivity index (χ2v) is 13.4. The topological polar surface area (TPSA) is 104 Å². The normalized spacial score (nSPS) is 33.1. The average Bonchev–Trinajstić information content (AvgIpc) is 3.25. The molecule has 8 nitrogen and oxygen atoms in total. The van der Waals surface area contributed by atoms with Gasteiger partial charge >= 0.3 is 0 Å². The predicted molar refractivity (Wildman–Crippen MR) is 157 cm³/mol. The third-order valence-corrected chi connectivity index (χ3v) is 11.1. The lowest BCUT2D eigenvalue weighted by Crippen LogP contribution is -2.60. The number of carbonyl (C=O) groups excluding carboxylic acids is 4. The Hall–Kier alpha value is -2.34. The highest BCUT2D eigenvalue weighted by Crippen LogP contribution is 2.65. The Morgan fingerprint density at radius 3 is 2.35 bits per heavy atom. The monoisotopic (exact) mass is 714 g/mol. The predicted octanol–water partition coefficient (Wildman–Crippen LogP) is 4.85. The Morgan fingerprint density at radius 2 is 1.70 bits per heavy atom. The number of rotatable bonds is 3. The van der Waals surface area contributed by atoms with E-state index in [4.69, 9.17) is 39.5 Å². The number of aromatic hydroxyl groups is 1. The largest absolute Gasteiger partial charge is 0.503 e. The first kappa shape index (κ1) is 27.8. The average molecular weight is 716 g/mol. The maximum Gasteiger partial charge on any atom is 0.253 e. The lowest BCUT2D eigenvalue weighted by Gasteiger charge is -2.50. The SMILES string of the molecule is COc1cc(C2C3=CCC4C(=O)N(c5ccc(I)cc5)C(=O)C4C3CC3(Cl)C(=O)N(C)C(=O)C23Cl)cc(Cl)c1O. The summed E-state index contributed by atoms with van der Waals surface area (Å²) in [4.78, 5) is 53.0. The molecule has 6 atom stereocenters. The van der Waals surface area contributed by atoms with E-state index >= 15 is 0 Å². The number of likely N-dealkylation sites (tertiary alicyclic amines) is 1. The van der Waals surface area contributed by atoms with Crippen LogP contribution in [0.25, 0.3) is 0 Å². The van der Waals surface area contributed by atoms with Crippen molar-refractivity contribution >= 4 is 86.7 Å². The summed E-state index contributed by atoms with van der Waals surface area (Å²) >= 11 is 22.8. The molecule has 4 aliphatic rings. The van der Waals surface area contributed by atoms with Crippen LogP contribution in [0.2, 0.25) is 5.02 Å². The van der Waals surface area contributed by atoms with Crippen LogP contribution >= 0.6 is 57.4 Å². The molecule has 0 aromatic heterocycles. The maximum absolute atomic E-state index is 14.0. The van der Waals surface area contributed by atoms with Gasteiger partial charge in [0, 0.05) is 16.5 Å². The van der Waals surface area contributed by atoms with Crippen LogP contribution in [-0.2, 0) is 19.2 Å². The molecule has 2 aliphatic carbocycles. The third kappa shape index (κ3) is 3.50. The summed E-state index contributed by atoms with van der Waals surface area (Å²) in [6, 6.07) is 10.0. The van der Waals surface area contributed by atoms with E-state index in [1.54, 1.807) is 12.1 Å². The van der Waals surface area contributed by atoms with Crippen molar-refractivity contribution in [2.75, 3.05) is 19.1 Å². The van der Waals surface area contributed by atoms with Gasteiger partial charge in [-0.05, 0) is 83.3 Å². The van der Waals surface area contributed by atoms with Crippen molar-refractivity contribution in [3.05, 3.63) is 62.2 Å². The lowest BCUT2D eigenvalue weighted by atomic mass is 9.56. The van der Waals surface area contributed by atoms with Crippen molar-refractivity contribution in [1.82, 2.24) is 4.90 Å². The van der Waals surface area contributed by atoms with Gasteiger partial charge in [-0.15, -0.1) is 23.2 Å². The number of fused-ring (bicyclic) bond motifs is 4. The van der Waals surface area contributed by atoms with Gasteiger partial charge in [-0.3, -0.25) is 29.0 Å². The molecular weight excluding hydrogens is 694 g/mol. The molecule has 1 saturated carbocycles. The quantitative estimate of drug-likeness (QED) is 0.211. The fraction of sp³-hybridized carbons (Fsp3) is 0.357. The van der Waals surface area contributed by atoms with Gasteiger partial charge < -0.3 is 9.84 Å². The molecular formula is C28H22Cl3IN2O6. The Kier molecular flexibility index (Phi) is 6.49. The smallest absolute Gasteiger partial charge is 0.253 e. The number of hydrogen-bond donors (Lipinski definition) is 1. The number of allylic oxidation sites excluding steroid dienone is 2. The summed E-state index contributed by atoms with van der Waals surface area (Å²) in [6.07, 6.45) is 1.96. The first-order chi connectivity index (χ1) is 18.9. The van der Waals surface area contributed by atoms with Crippen LogP contribution in [0.3, 0.4) is 0 Å². The molecule has 208 valence electrons. The number of halogens is 4. The highest BCUT2D eigenvalue weighted by molar-refractivity contribution is 14.1. The fourth-order valence-corrected chi connectivity index (χ4v) is 8.48. The van der Waals surface area contributed by atoms with E-state index in [9.17, 15) is 24.3 Å². The Labute approximate surface area is 258 Å². The molecule has 2 aromatic carbocycles. The van der Waals surface area contributed by atoms with Crippen LogP contribution in [0.1, 0.15) is 24.3 Å². The van der Waals surface area contributed by atoms with Gasteiger partial charge in [-0.25, -0.2) is 0 Å². The molecule has 0 spiro atoms. The van der Waals surface area contributed by atoms with Crippen LogP contribution < -0.4 is 9.64 Å². The molecule has 0 radical (unpaired) electrons. The van der Waals surface area contributed by atoms with Crippen molar-refractivity contribution in [2.45, 2.75) is 28.5 Å². The van der Waals surface area contributed by atoms with Gasteiger partial charge in [-0.1, -0.05) is 23.3 Å². The second-order valence-electron chi connectivity index (χ2n) is 10.5. The summed E-state index contributed by atoms with van der Waals surface area (Å²) in [5.74, 6) is -5.47. The van der Waals surface area contributed by atoms with Gasteiger partial charge in [0.2, 0.25) is 11.8 Å². The standard InChI is InChI=1S/C28H22Cl3IN2O6/c1-33-25(38)27(30)11-17-15(21(28(27,31)26(33)39)12-9-18(29)22(35)19(10-12)40-2)7-8-16-20(17)24(37)34(23(16)36)14-5-3-13(32)4-6-14/h3-7,9-10,16-17,20-21,35H,8,11H2,1-2H3. The van der Waals surface area contributed by atoms with Crippen molar-refractivity contribution in [3.63, 3.8) is 0 Å². The summed E-state index contributed by atoms with van der Waals surface area (Å²) in [6.45, 7) is 0. The first-order valence-corrected chi connectivity index (χ1v) is 14.7. The number of nitrogens with zero attached hydrogens (tertiary/aromatic N) is 2. The van der Waals surface area contributed by atoms with Gasteiger partial charge in [0.1, 0.15) is 0 Å². The lowest BCUT2D eigenvalue weighted by molar-refractivity contribution is -0.138. The highest BCUT2D eigenvalue weighted by Gasteiger charge is 2.76. The number of phenols is 1. The first-order valence-electron chi connectivity index (χ1n) is 12.5. The minimum atomic E-state index is -1.96. The molecule has 2 aliphatic heterocycles. The fourth-order valence-electron chi connectivity index (χ4n) is 6.88. The highest BCUT2D eigenvalue weighted by atomic mass is 127. The zero-order valence-corrected chi connectivity index (χ0v) is 25.6. The molecule has 3 fully saturated rings. The zero-order chi connectivity index (χ0) is 28.9. The van der Waals surface area contributed by atoms with Crippen molar-refractivity contribution in [2.24, 2.45) is 17.8 Å². The van der Waals surface area contributed by atoms with Gasteiger partial charge in [0.05, 0.1) is 29.7 Å². The number of amides is 4. The second kappa shape index (κ2) is 9.34. The molecule has 4 amide bonds. The Balaban J connectivity index is 1.53. The molecule has 0 bridgehead atoms. The van der Waals surface area contributed by atoms with Crippen molar-refractivity contribution in [3.8, 4) is 11.5 Å². The van der Waals surface area contributed by atoms with Crippen molar-refractivity contribution < 1.29 is 29.0 Å². The van der Waals surface area contributed by atoms with E-state index in [2.05, 4.69) is 22.6 Å². The number of alkyl halides is 2. The number of anilines is 1. The number of methoxy groups -OCH3 is 1. The third-order valence-electron chi connectivity index (χ3n) is 8.70. The maximum atomic E-state index is 14.0. The van der Waals surface area contributed by atoms with Gasteiger partial charge in [0.15, 0.2) is 21.2 Å². The summed E-state index contributed by atoms with van der Waals surface area (Å²) < 4.78 is 6.26. The van der Waals surface area contributed by atoms with Crippen LogP contribution in [0, 0.1) is 21.3 Å². The number of benzene rings is 2. The van der Waals surface area contributed by atoms with E-state index in [-0.39, 0.29) is 41.2 Å². The number of phenolic OH excluding ortho intramolecular Hbond substituents is 1. The van der Waals surface area contributed by atoms with Crippen LogP contribution in [0.15, 0.2) is 48.0 Å². The van der Waals surface area contributed by atoms with E-state index in [1.165, 1.54) is 31.2 Å². The summed E-state index contributed by atoms with van der Waals surface area (Å²) in [5.41, 5.74) is 1.48. The van der Waals surface area contributed by atoms with Crippen LogP contribution in [0.5, 0.6) is 11.5 Å². The molecule has 1 N–H and O–H groups in total. The number of carbonyl (C=O) groups is 4. The van der Waals surface area contributed by atoms with Gasteiger partial charge in [0.25, 0.3) is 11.8 Å². The molecule has 12 heteroatoms. The van der Waals surface area contributed by atoms with E-state index in [0.717, 1.165) is 8.47 Å². The molecule has 6 unspecified atom stereocenters. The Morgan fingerprint density at radius 1 is 1.02 bits per heavy atom. The molecule has 40 heavy (non-hydrogen) atoms. The Bertz CT molecular complexity index is 1550. The van der Waals surface area contributed by atoms with Crippen molar-refractivity contribution in [1.29, 1.82) is 0 Å². The zero-order valence-electron chi connectivity index (χ0n) is 21.2. The molecule has 2 heterocycles.